The summed E-state index contributed by atoms with van der Waals surface area (Å²) in [7, 11) is 0. The molecule has 0 fully saturated rings. The molecule has 0 saturated carbocycles. The number of benzene rings is 12. The quantitative estimate of drug-likeness (QED) is 0.170. The summed E-state index contributed by atoms with van der Waals surface area (Å²) in [6, 6.07) is 108. The molecule has 12 aromatic carbocycles. The van der Waals surface area contributed by atoms with Crippen LogP contribution in [0.25, 0.3) is 33.4 Å². The predicted molar refractivity (Wildman–Crippen MR) is 330 cm³/mol. The first kappa shape index (κ1) is 45.1. The highest BCUT2D eigenvalue weighted by atomic mass is 15.2. The first-order valence-corrected chi connectivity index (χ1v) is 28.1. The molecule has 12 aromatic rings. The van der Waals surface area contributed by atoms with E-state index in [0.29, 0.717) is 0 Å². The van der Waals surface area contributed by atoms with Gasteiger partial charge in [-0.1, -0.05) is 214 Å². The molecule has 376 valence electrons. The molecule has 0 saturated heterocycles. The van der Waals surface area contributed by atoms with Gasteiger partial charge in [-0.3, -0.25) is 0 Å². The first-order chi connectivity index (χ1) is 39.5. The minimum atomic E-state index is -0.628. The molecular weight excluding hydrogens is 967 g/mol. The van der Waals surface area contributed by atoms with Gasteiger partial charge in [-0.15, -0.1) is 0 Å². The van der Waals surface area contributed by atoms with Crippen LogP contribution in [-0.4, -0.2) is 0 Å². The number of para-hydroxylation sites is 6. The fourth-order valence-electron chi connectivity index (χ4n) is 15.5. The van der Waals surface area contributed by atoms with Gasteiger partial charge in [0.25, 0.3) is 0 Å². The van der Waals surface area contributed by atoms with E-state index in [2.05, 4.69) is 314 Å². The summed E-state index contributed by atoms with van der Waals surface area (Å²) < 4.78 is 0. The second-order valence-electron chi connectivity index (χ2n) is 22.7. The van der Waals surface area contributed by atoms with Crippen molar-refractivity contribution >= 4 is 51.2 Å². The Labute approximate surface area is 467 Å². The van der Waals surface area contributed by atoms with E-state index in [9.17, 15) is 0 Å². The zero-order chi connectivity index (χ0) is 52.9. The third kappa shape index (κ3) is 5.78. The van der Waals surface area contributed by atoms with Crippen LogP contribution in [0.15, 0.2) is 285 Å². The zero-order valence-electron chi connectivity index (χ0n) is 44.5. The third-order valence-electron chi connectivity index (χ3n) is 18.6. The molecule has 0 amide bonds. The van der Waals surface area contributed by atoms with Crippen LogP contribution in [0.2, 0.25) is 0 Å². The van der Waals surface area contributed by atoms with Crippen molar-refractivity contribution in [3.05, 3.63) is 341 Å². The summed E-state index contributed by atoms with van der Waals surface area (Å²) in [4.78, 5) is 7.51. The van der Waals surface area contributed by atoms with E-state index < -0.39 is 10.8 Å². The van der Waals surface area contributed by atoms with Crippen LogP contribution >= 0.6 is 0 Å². The summed E-state index contributed by atoms with van der Waals surface area (Å²) in [6.07, 6.45) is 0. The summed E-state index contributed by atoms with van der Waals surface area (Å²) in [5, 5.41) is 0. The topological polar surface area (TPSA) is 9.72 Å². The lowest BCUT2D eigenvalue weighted by Crippen LogP contribution is -2.36. The van der Waals surface area contributed by atoms with Crippen molar-refractivity contribution in [1.29, 1.82) is 0 Å². The molecule has 0 bridgehead atoms. The van der Waals surface area contributed by atoms with Crippen LogP contribution < -0.4 is 14.7 Å². The van der Waals surface area contributed by atoms with Gasteiger partial charge in [0.2, 0.25) is 0 Å². The van der Waals surface area contributed by atoms with Crippen molar-refractivity contribution in [1.82, 2.24) is 0 Å². The Hall–Kier alpha value is -9.96. The second-order valence-corrected chi connectivity index (χ2v) is 22.7. The predicted octanol–water partition coefficient (Wildman–Crippen LogP) is 19.8. The molecule has 0 aromatic heterocycles. The lowest BCUT2D eigenvalue weighted by atomic mass is 9.64. The summed E-state index contributed by atoms with van der Waals surface area (Å²) in [5.41, 5.74) is 29.5. The Morgan fingerprint density at radius 2 is 0.512 bits per heavy atom. The SMILES string of the molecule is CC1(C)c2ccccc2-c2ccc(N(c3ccc4c(c3)C3(c5ccccc5-4)c4ccccc4N(c4ccccc4)c4ccccc43)c3ccc4c(c3)C3(c5ccccc5-4)c4ccccc4N(c4ccccc4)c4ccccc43)cc21. The van der Waals surface area contributed by atoms with Crippen LogP contribution in [0.3, 0.4) is 0 Å². The summed E-state index contributed by atoms with van der Waals surface area (Å²) in [6.45, 7) is 4.79. The molecule has 3 heteroatoms. The molecule has 2 heterocycles. The van der Waals surface area contributed by atoms with E-state index in [1.54, 1.807) is 0 Å². The number of hydrogen-bond donors (Lipinski definition) is 0. The number of fused-ring (bicyclic) bond motifs is 21. The molecule has 17 rings (SSSR count). The largest absolute Gasteiger partial charge is 0.310 e. The molecule has 0 atom stereocenters. The Bertz CT molecular complexity index is 4220. The van der Waals surface area contributed by atoms with Crippen LogP contribution in [0, 0.1) is 0 Å². The molecule has 3 aliphatic carbocycles. The smallest absolute Gasteiger partial charge is 0.0755 e. The molecule has 5 aliphatic rings. The molecule has 0 unspecified atom stereocenters. The van der Waals surface area contributed by atoms with Crippen LogP contribution in [-0.2, 0) is 16.2 Å². The Kier molecular flexibility index (Phi) is 9.32. The lowest BCUT2D eigenvalue weighted by molar-refractivity contribution is 0.660. The Morgan fingerprint density at radius 1 is 0.237 bits per heavy atom. The molecule has 3 nitrogen and oxygen atoms in total. The average Bonchev–Trinajstić information content (AvgIpc) is 4.05. The van der Waals surface area contributed by atoms with Crippen molar-refractivity contribution < 1.29 is 0 Å². The fourth-order valence-corrected chi connectivity index (χ4v) is 15.5. The van der Waals surface area contributed by atoms with Gasteiger partial charge < -0.3 is 14.7 Å². The minimum absolute atomic E-state index is 0.207. The van der Waals surface area contributed by atoms with Crippen molar-refractivity contribution in [3.63, 3.8) is 0 Å². The van der Waals surface area contributed by atoms with E-state index >= 15 is 0 Å². The van der Waals surface area contributed by atoms with Crippen molar-refractivity contribution in [2.45, 2.75) is 30.1 Å². The maximum Gasteiger partial charge on any atom is 0.0755 e. The lowest BCUT2D eigenvalue weighted by Gasteiger charge is -2.45. The highest BCUT2D eigenvalue weighted by Crippen LogP contribution is 2.66. The van der Waals surface area contributed by atoms with Gasteiger partial charge in [0.1, 0.15) is 0 Å². The van der Waals surface area contributed by atoms with Gasteiger partial charge in [-0.2, -0.15) is 0 Å². The van der Waals surface area contributed by atoms with Gasteiger partial charge >= 0.3 is 0 Å². The third-order valence-corrected chi connectivity index (χ3v) is 18.6. The maximum atomic E-state index is 2.57. The maximum absolute atomic E-state index is 2.57. The Morgan fingerprint density at radius 3 is 0.900 bits per heavy atom. The Balaban J connectivity index is 0.941. The highest BCUT2D eigenvalue weighted by molar-refractivity contribution is 6.00. The molecule has 2 spiro atoms. The van der Waals surface area contributed by atoms with Crippen LogP contribution in [0.4, 0.5) is 51.2 Å². The van der Waals surface area contributed by atoms with Gasteiger partial charge in [0.05, 0.1) is 33.6 Å². The number of hydrogen-bond acceptors (Lipinski definition) is 3. The second kappa shape index (κ2) is 16.5. The zero-order valence-corrected chi connectivity index (χ0v) is 44.5. The van der Waals surface area contributed by atoms with E-state index in [1.807, 2.05) is 0 Å². The number of rotatable bonds is 5. The number of nitrogens with zero attached hydrogens (tertiary/aromatic N) is 3. The fraction of sp³-hybridized carbons (Fsp3) is 0.0649. The van der Waals surface area contributed by atoms with Crippen LogP contribution in [0.5, 0.6) is 0 Å². The summed E-state index contributed by atoms with van der Waals surface area (Å²) in [5.74, 6) is 0. The highest BCUT2D eigenvalue weighted by Gasteiger charge is 2.54. The van der Waals surface area contributed by atoms with Crippen LogP contribution in [0.1, 0.15) is 69.5 Å². The van der Waals surface area contributed by atoms with E-state index in [1.165, 1.54) is 112 Å². The van der Waals surface area contributed by atoms with Gasteiger partial charge in [-0.25, -0.2) is 0 Å². The standard InChI is InChI=1S/C77H53N3/c1-75(2)61-30-12-9-27-55(61)58-44-41-52(47-68(58)75)78(53-42-45-59-56-28-10-13-31-62(56)76(69(59)48-53)64-33-15-19-37-71(64)79(50-23-5-3-6-24-50)72-38-20-16-34-65(72)76)54-43-46-60-57-29-11-14-32-63(57)77(70(60)49-54)66-35-17-21-39-73(66)80(51-25-7-4-8-26-51)74-40-22-18-36-67(74)77/h3-49H,1-2H3. The van der Waals surface area contributed by atoms with Gasteiger partial charge in [0, 0.05) is 33.9 Å². The van der Waals surface area contributed by atoms with Crippen molar-refractivity contribution in [2.75, 3.05) is 14.7 Å². The van der Waals surface area contributed by atoms with E-state index in [4.69, 9.17) is 0 Å². The monoisotopic (exact) mass is 1020 g/mol. The van der Waals surface area contributed by atoms with Gasteiger partial charge in [-0.05, 0) is 174 Å². The normalized spacial score (nSPS) is 15.1. The molecule has 80 heavy (non-hydrogen) atoms. The summed E-state index contributed by atoms with van der Waals surface area (Å²) >= 11 is 0. The minimum Gasteiger partial charge on any atom is -0.310 e. The van der Waals surface area contributed by atoms with E-state index in [-0.39, 0.29) is 5.41 Å². The van der Waals surface area contributed by atoms with E-state index in [0.717, 1.165) is 28.4 Å². The van der Waals surface area contributed by atoms with Crippen molar-refractivity contribution in [2.24, 2.45) is 0 Å². The molecular formula is C77H53N3. The first-order valence-electron chi connectivity index (χ1n) is 28.1. The molecule has 2 aliphatic heterocycles. The average molecular weight is 1020 g/mol. The number of anilines is 9. The van der Waals surface area contributed by atoms with Crippen molar-refractivity contribution in [3.8, 4) is 33.4 Å². The molecule has 0 radical (unpaired) electrons. The molecule has 0 N–H and O–H groups in total. The van der Waals surface area contributed by atoms with Gasteiger partial charge in [0.15, 0.2) is 0 Å².